The summed E-state index contributed by atoms with van der Waals surface area (Å²) in [5.41, 5.74) is 0.542. The van der Waals surface area contributed by atoms with Gasteiger partial charge in [0.15, 0.2) is 0 Å². The van der Waals surface area contributed by atoms with Crippen LogP contribution in [0.3, 0.4) is 0 Å². The molecule has 0 fully saturated rings. The van der Waals surface area contributed by atoms with Gasteiger partial charge in [-0.05, 0) is 5.41 Å². The topological polar surface area (TPSA) is 60.7 Å². The first-order valence-corrected chi connectivity index (χ1v) is 4.27. The van der Waals surface area contributed by atoms with E-state index in [1.165, 1.54) is 6.42 Å². The molecule has 0 heterocycles. The standard InChI is InChI=1S/C6H14.C3H8O3/c1-5-6(2,3)4;4-1-3(6)2-5/h5H2,1-4H3;3-6H,1-2H2. The zero-order valence-corrected chi connectivity index (χ0v) is 8.54. The molecule has 0 aliphatic carbocycles. The molecule has 0 saturated heterocycles. The van der Waals surface area contributed by atoms with Crippen molar-refractivity contribution in [2.45, 2.75) is 40.2 Å². The predicted octanol–water partition coefficient (Wildman–Crippen LogP) is 0.774. The first kappa shape index (κ1) is 14.4. The maximum Gasteiger partial charge on any atom is 0.100 e. The Kier molecular flexibility index (Phi) is 9.03. The highest BCUT2D eigenvalue weighted by atomic mass is 16.3. The molecular weight excluding hydrogens is 156 g/mol. The Morgan fingerprint density at radius 1 is 1.08 bits per heavy atom. The van der Waals surface area contributed by atoms with Crippen LogP contribution in [0.25, 0.3) is 0 Å². The summed E-state index contributed by atoms with van der Waals surface area (Å²) in [6.07, 6.45) is 0.317. The largest absolute Gasteiger partial charge is 0.394 e. The summed E-state index contributed by atoms with van der Waals surface area (Å²) in [6, 6.07) is 0. The molecule has 3 nitrogen and oxygen atoms in total. The molecule has 0 aromatic carbocycles. The number of aliphatic hydroxyl groups is 3. The molecule has 76 valence electrons. The van der Waals surface area contributed by atoms with Gasteiger partial charge in [-0.25, -0.2) is 0 Å². The quantitative estimate of drug-likeness (QED) is 0.585. The molecule has 0 radical (unpaired) electrons. The van der Waals surface area contributed by atoms with Crippen molar-refractivity contribution in [1.82, 2.24) is 0 Å². The summed E-state index contributed by atoms with van der Waals surface area (Å²) in [6.45, 7) is 8.21. The number of hydrogen-bond acceptors (Lipinski definition) is 3. The molecule has 0 rings (SSSR count). The lowest BCUT2D eigenvalue weighted by Gasteiger charge is -2.12. The van der Waals surface area contributed by atoms with Gasteiger partial charge < -0.3 is 15.3 Å². The van der Waals surface area contributed by atoms with Crippen LogP contribution in [0.4, 0.5) is 0 Å². The Morgan fingerprint density at radius 3 is 1.33 bits per heavy atom. The van der Waals surface area contributed by atoms with Crippen LogP contribution in [-0.4, -0.2) is 34.6 Å². The SMILES string of the molecule is CCC(C)(C)C.OCC(O)CO. The summed E-state index contributed by atoms with van der Waals surface area (Å²) >= 11 is 0. The van der Waals surface area contributed by atoms with Crippen molar-refractivity contribution in [3.8, 4) is 0 Å². The van der Waals surface area contributed by atoms with Crippen molar-refractivity contribution in [2.75, 3.05) is 13.2 Å². The second kappa shape index (κ2) is 7.53. The molecule has 12 heavy (non-hydrogen) atoms. The van der Waals surface area contributed by atoms with Crippen molar-refractivity contribution in [3.05, 3.63) is 0 Å². The summed E-state index contributed by atoms with van der Waals surface area (Å²) in [4.78, 5) is 0. The molecule has 0 saturated carbocycles. The second-order valence-corrected chi connectivity index (χ2v) is 3.93. The third kappa shape index (κ3) is 16.5. The summed E-state index contributed by atoms with van der Waals surface area (Å²) in [5, 5.41) is 24.0. The molecule has 0 aromatic rings. The van der Waals surface area contributed by atoms with Crippen LogP contribution >= 0.6 is 0 Å². The average molecular weight is 178 g/mol. The summed E-state index contributed by atoms with van der Waals surface area (Å²) in [5.74, 6) is 0. The van der Waals surface area contributed by atoms with E-state index in [0.29, 0.717) is 5.41 Å². The Labute approximate surface area is 75.0 Å². The van der Waals surface area contributed by atoms with Gasteiger partial charge in [0.25, 0.3) is 0 Å². The number of aliphatic hydroxyl groups excluding tert-OH is 3. The Bertz CT molecular complexity index is 82.3. The van der Waals surface area contributed by atoms with E-state index in [9.17, 15) is 0 Å². The van der Waals surface area contributed by atoms with Crippen LogP contribution in [0.1, 0.15) is 34.1 Å². The highest BCUT2D eigenvalue weighted by molar-refractivity contribution is 4.55. The van der Waals surface area contributed by atoms with E-state index in [-0.39, 0.29) is 13.2 Å². The second-order valence-electron chi connectivity index (χ2n) is 3.93. The minimum atomic E-state index is -0.954. The average Bonchev–Trinajstić information content (AvgIpc) is 2.03. The third-order valence-electron chi connectivity index (χ3n) is 1.48. The Morgan fingerprint density at radius 2 is 1.33 bits per heavy atom. The molecule has 0 spiro atoms. The lowest BCUT2D eigenvalue weighted by atomic mass is 9.94. The van der Waals surface area contributed by atoms with Gasteiger partial charge in [0.05, 0.1) is 13.2 Å². The number of rotatable bonds is 2. The van der Waals surface area contributed by atoms with Gasteiger partial charge in [-0.1, -0.05) is 34.1 Å². The van der Waals surface area contributed by atoms with Crippen molar-refractivity contribution >= 4 is 0 Å². The van der Waals surface area contributed by atoms with E-state index in [2.05, 4.69) is 27.7 Å². The third-order valence-corrected chi connectivity index (χ3v) is 1.48. The van der Waals surface area contributed by atoms with E-state index in [0.717, 1.165) is 0 Å². The van der Waals surface area contributed by atoms with Crippen LogP contribution in [0.2, 0.25) is 0 Å². The lowest BCUT2D eigenvalue weighted by Crippen LogP contribution is -2.15. The molecule has 0 aliphatic heterocycles. The highest BCUT2D eigenvalue weighted by Gasteiger charge is 2.03. The first-order valence-electron chi connectivity index (χ1n) is 4.27. The Balaban J connectivity index is 0. The smallest absolute Gasteiger partial charge is 0.100 e. The van der Waals surface area contributed by atoms with Gasteiger partial charge in [-0.15, -0.1) is 0 Å². The predicted molar refractivity (Wildman–Crippen MR) is 49.9 cm³/mol. The zero-order chi connectivity index (χ0) is 10.2. The monoisotopic (exact) mass is 178 g/mol. The van der Waals surface area contributed by atoms with Crippen molar-refractivity contribution in [2.24, 2.45) is 5.41 Å². The van der Waals surface area contributed by atoms with Crippen LogP contribution in [-0.2, 0) is 0 Å². The van der Waals surface area contributed by atoms with Crippen LogP contribution in [0.15, 0.2) is 0 Å². The van der Waals surface area contributed by atoms with Crippen LogP contribution in [0, 0.1) is 5.41 Å². The van der Waals surface area contributed by atoms with Crippen LogP contribution in [0.5, 0.6) is 0 Å². The fraction of sp³-hybridized carbons (Fsp3) is 1.00. The van der Waals surface area contributed by atoms with Crippen LogP contribution < -0.4 is 0 Å². The fourth-order valence-corrected chi connectivity index (χ4v) is 0.0577. The number of hydrogen-bond donors (Lipinski definition) is 3. The molecule has 0 aromatic heterocycles. The minimum absolute atomic E-state index is 0.365. The Hall–Kier alpha value is -0.120. The van der Waals surface area contributed by atoms with Gasteiger partial charge in [0, 0.05) is 0 Å². The van der Waals surface area contributed by atoms with E-state index in [4.69, 9.17) is 15.3 Å². The summed E-state index contributed by atoms with van der Waals surface area (Å²) in [7, 11) is 0. The maximum atomic E-state index is 8.17. The summed E-state index contributed by atoms with van der Waals surface area (Å²) < 4.78 is 0. The first-order chi connectivity index (χ1) is 5.37. The molecule has 0 amide bonds. The van der Waals surface area contributed by atoms with E-state index < -0.39 is 6.10 Å². The normalized spacial score (nSPS) is 11.0. The minimum Gasteiger partial charge on any atom is -0.394 e. The maximum absolute atomic E-state index is 8.17. The molecule has 0 atom stereocenters. The lowest BCUT2D eigenvalue weighted by molar-refractivity contribution is 0.0450. The molecular formula is C9H22O3. The van der Waals surface area contributed by atoms with E-state index in [1.54, 1.807) is 0 Å². The molecule has 0 unspecified atom stereocenters. The molecule has 0 bridgehead atoms. The molecule has 3 N–H and O–H groups in total. The van der Waals surface area contributed by atoms with Crippen molar-refractivity contribution in [3.63, 3.8) is 0 Å². The molecule has 3 heteroatoms. The highest BCUT2D eigenvalue weighted by Crippen LogP contribution is 2.16. The molecule has 0 aliphatic rings. The van der Waals surface area contributed by atoms with Gasteiger partial charge in [0.2, 0.25) is 0 Å². The van der Waals surface area contributed by atoms with E-state index in [1.807, 2.05) is 0 Å². The van der Waals surface area contributed by atoms with Gasteiger partial charge in [0.1, 0.15) is 6.10 Å². The van der Waals surface area contributed by atoms with Crippen molar-refractivity contribution in [1.29, 1.82) is 0 Å². The van der Waals surface area contributed by atoms with Gasteiger partial charge >= 0.3 is 0 Å². The van der Waals surface area contributed by atoms with E-state index >= 15 is 0 Å². The van der Waals surface area contributed by atoms with Gasteiger partial charge in [-0.2, -0.15) is 0 Å². The van der Waals surface area contributed by atoms with Crippen molar-refractivity contribution < 1.29 is 15.3 Å². The zero-order valence-electron chi connectivity index (χ0n) is 8.54. The fourth-order valence-electron chi connectivity index (χ4n) is 0.0577. The van der Waals surface area contributed by atoms with Gasteiger partial charge in [-0.3, -0.25) is 0 Å².